The van der Waals surface area contributed by atoms with Gasteiger partial charge in [0, 0.05) is 32.4 Å². The van der Waals surface area contributed by atoms with Crippen LogP contribution in [0.1, 0.15) is 49.0 Å². The first-order chi connectivity index (χ1) is 12.3. The summed E-state index contributed by atoms with van der Waals surface area (Å²) in [5, 5.41) is 11.9. The second-order valence-corrected chi connectivity index (χ2v) is 9.09. The van der Waals surface area contributed by atoms with Gasteiger partial charge in [0.25, 0.3) is 5.91 Å². The third-order valence-corrected chi connectivity index (χ3v) is 7.15. The van der Waals surface area contributed by atoms with E-state index in [0.29, 0.717) is 32.4 Å². The Balaban J connectivity index is 1.71. The average molecular weight is 383 g/mol. The molecule has 8 nitrogen and oxygen atoms in total. The molecule has 0 bridgehead atoms. The molecule has 0 spiro atoms. The summed E-state index contributed by atoms with van der Waals surface area (Å²) in [5.74, 6) is -1.64. The molecule has 3 rings (SSSR count). The molecule has 0 radical (unpaired) electrons. The van der Waals surface area contributed by atoms with Crippen molar-refractivity contribution in [3.8, 4) is 0 Å². The second-order valence-electron chi connectivity index (χ2n) is 7.16. The molecule has 2 aliphatic rings. The van der Waals surface area contributed by atoms with Gasteiger partial charge >= 0.3 is 5.97 Å². The van der Waals surface area contributed by atoms with Crippen LogP contribution in [-0.2, 0) is 21.9 Å². The van der Waals surface area contributed by atoms with Gasteiger partial charge in [-0.15, -0.1) is 0 Å². The number of carboxylic acid groups (broad SMARTS) is 1. The maximum absolute atomic E-state index is 12.8. The molecule has 2 fully saturated rings. The number of hydrogen-bond donors (Lipinski definition) is 2. The first-order valence-corrected chi connectivity index (χ1v) is 10.4. The summed E-state index contributed by atoms with van der Waals surface area (Å²) in [7, 11) is -1.95. The lowest BCUT2D eigenvalue weighted by molar-refractivity contribution is -0.141. The summed E-state index contributed by atoms with van der Waals surface area (Å²) < 4.78 is 28.5. The maximum atomic E-state index is 12.8. The number of nitrogens with zero attached hydrogens (tertiary/aromatic N) is 2. The Labute approximate surface area is 153 Å². The van der Waals surface area contributed by atoms with Crippen molar-refractivity contribution < 1.29 is 23.1 Å². The van der Waals surface area contributed by atoms with Gasteiger partial charge in [0.2, 0.25) is 10.0 Å². The fourth-order valence-corrected chi connectivity index (χ4v) is 5.34. The number of carboxylic acids is 1. The van der Waals surface area contributed by atoms with Crippen molar-refractivity contribution in [1.29, 1.82) is 0 Å². The number of aryl methyl sites for hydroxylation is 1. The fourth-order valence-electron chi connectivity index (χ4n) is 3.75. The van der Waals surface area contributed by atoms with E-state index in [1.807, 2.05) is 0 Å². The van der Waals surface area contributed by atoms with Crippen molar-refractivity contribution in [3.05, 3.63) is 18.0 Å². The van der Waals surface area contributed by atoms with Gasteiger partial charge in [-0.2, -0.15) is 4.31 Å². The number of amides is 1. The molecule has 1 aliphatic carbocycles. The third kappa shape index (κ3) is 3.78. The lowest BCUT2D eigenvalue weighted by Gasteiger charge is -2.25. The molecule has 0 unspecified atom stereocenters. The summed E-state index contributed by atoms with van der Waals surface area (Å²) in [6.45, 7) is 1.02. The van der Waals surface area contributed by atoms with Gasteiger partial charge in [-0.1, -0.05) is 6.42 Å². The standard InChI is InChI=1S/C17H25N3O5S/c1-19-11-14(26(24,25)20-7-3-2-4-8-20)10-15(19)16(21)18-13-6-5-12(9-13)17(22)23/h10-13H,2-9H2,1H3,(H,18,21)(H,22,23)/t12-,13+/m0/s1. The van der Waals surface area contributed by atoms with Gasteiger partial charge in [0.05, 0.1) is 5.92 Å². The molecule has 1 saturated carbocycles. The topological polar surface area (TPSA) is 109 Å². The van der Waals surface area contributed by atoms with Crippen molar-refractivity contribution in [3.63, 3.8) is 0 Å². The number of carbonyl (C=O) groups excluding carboxylic acids is 1. The smallest absolute Gasteiger partial charge is 0.306 e. The number of sulfonamides is 1. The number of piperidine rings is 1. The molecule has 26 heavy (non-hydrogen) atoms. The molecule has 2 heterocycles. The van der Waals surface area contributed by atoms with Gasteiger partial charge in [-0.3, -0.25) is 9.59 Å². The summed E-state index contributed by atoms with van der Waals surface area (Å²) >= 11 is 0. The Hall–Kier alpha value is -1.87. The molecule has 1 amide bonds. The predicted octanol–water partition coefficient (Wildman–Crippen LogP) is 1.18. The highest BCUT2D eigenvalue weighted by Gasteiger charge is 2.32. The van der Waals surface area contributed by atoms with Gasteiger partial charge < -0.3 is 15.0 Å². The number of rotatable bonds is 5. The van der Waals surface area contributed by atoms with Crippen molar-refractivity contribution in [2.24, 2.45) is 13.0 Å². The highest BCUT2D eigenvalue weighted by atomic mass is 32.2. The maximum Gasteiger partial charge on any atom is 0.306 e. The predicted molar refractivity (Wildman–Crippen MR) is 94.3 cm³/mol. The molecule has 144 valence electrons. The zero-order valence-electron chi connectivity index (χ0n) is 14.8. The molecule has 1 saturated heterocycles. The molecule has 9 heteroatoms. The zero-order chi connectivity index (χ0) is 18.9. The lowest BCUT2D eigenvalue weighted by atomic mass is 10.1. The molecule has 2 N–H and O–H groups in total. The minimum absolute atomic E-state index is 0.127. The number of aromatic nitrogens is 1. The molecular formula is C17H25N3O5S. The molecule has 2 atom stereocenters. The van der Waals surface area contributed by atoms with Gasteiger partial charge in [0.1, 0.15) is 10.6 Å². The van der Waals surface area contributed by atoms with Crippen molar-refractivity contribution in [2.45, 2.75) is 49.5 Å². The normalized spacial score (nSPS) is 24.5. The molecule has 1 aromatic heterocycles. The van der Waals surface area contributed by atoms with Gasteiger partial charge in [0.15, 0.2) is 0 Å². The Morgan fingerprint density at radius 3 is 2.50 bits per heavy atom. The van der Waals surface area contributed by atoms with E-state index in [4.69, 9.17) is 5.11 Å². The van der Waals surface area contributed by atoms with Crippen molar-refractivity contribution in [1.82, 2.24) is 14.2 Å². The third-order valence-electron chi connectivity index (χ3n) is 5.28. The van der Waals surface area contributed by atoms with Crippen LogP contribution in [0.15, 0.2) is 17.2 Å². The summed E-state index contributed by atoms with van der Waals surface area (Å²) in [6.07, 6.45) is 5.77. The van der Waals surface area contributed by atoms with Crippen LogP contribution >= 0.6 is 0 Å². The van der Waals surface area contributed by atoms with E-state index in [-0.39, 0.29) is 22.5 Å². The minimum Gasteiger partial charge on any atom is -0.481 e. The van der Waals surface area contributed by atoms with Crippen molar-refractivity contribution >= 4 is 21.9 Å². The summed E-state index contributed by atoms with van der Waals surface area (Å²) in [4.78, 5) is 23.7. The monoisotopic (exact) mass is 383 g/mol. The van der Waals surface area contributed by atoms with Crippen LogP contribution in [0, 0.1) is 5.92 Å². The first-order valence-electron chi connectivity index (χ1n) is 8.99. The number of aliphatic carboxylic acids is 1. The first kappa shape index (κ1) is 18.9. The number of carbonyl (C=O) groups is 2. The highest BCUT2D eigenvalue weighted by molar-refractivity contribution is 7.89. The second kappa shape index (κ2) is 7.40. The van der Waals surface area contributed by atoms with E-state index in [9.17, 15) is 18.0 Å². The molecule has 0 aromatic carbocycles. The molecular weight excluding hydrogens is 358 g/mol. The summed E-state index contributed by atoms with van der Waals surface area (Å²) in [5.41, 5.74) is 0.263. The van der Waals surface area contributed by atoms with E-state index in [0.717, 1.165) is 19.3 Å². The van der Waals surface area contributed by atoms with Crippen LogP contribution in [0.2, 0.25) is 0 Å². The van der Waals surface area contributed by atoms with E-state index in [2.05, 4.69) is 5.32 Å². The Morgan fingerprint density at radius 1 is 1.19 bits per heavy atom. The largest absolute Gasteiger partial charge is 0.481 e. The van der Waals surface area contributed by atoms with Gasteiger partial charge in [-0.05, 0) is 38.2 Å². The van der Waals surface area contributed by atoms with Crippen LogP contribution < -0.4 is 5.32 Å². The quantitative estimate of drug-likeness (QED) is 0.794. The van der Waals surface area contributed by atoms with Crippen LogP contribution in [0.25, 0.3) is 0 Å². The minimum atomic E-state index is -3.59. The number of nitrogens with one attached hydrogen (secondary N) is 1. The molecule has 1 aromatic rings. The average Bonchev–Trinajstić information content (AvgIpc) is 3.22. The highest BCUT2D eigenvalue weighted by Crippen LogP contribution is 2.26. The zero-order valence-corrected chi connectivity index (χ0v) is 15.7. The van der Waals surface area contributed by atoms with Crippen LogP contribution in [0.4, 0.5) is 0 Å². The van der Waals surface area contributed by atoms with Crippen LogP contribution in [0.3, 0.4) is 0 Å². The number of hydrogen-bond acceptors (Lipinski definition) is 4. The van der Waals surface area contributed by atoms with Crippen LogP contribution in [-0.4, -0.2) is 53.4 Å². The fraction of sp³-hybridized carbons (Fsp3) is 0.647. The van der Waals surface area contributed by atoms with E-state index >= 15 is 0 Å². The molecule has 1 aliphatic heterocycles. The Morgan fingerprint density at radius 2 is 1.88 bits per heavy atom. The Bertz CT molecular complexity index is 795. The van der Waals surface area contributed by atoms with Crippen molar-refractivity contribution in [2.75, 3.05) is 13.1 Å². The van der Waals surface area contributed by atoms with E-state index in [1.165, 1.54) is 21.1 Å². The Kier molecular flexibility index (Phi) is 5.38. The van der Waals surface area contributed by atoms with E-state index in [1.54, 1.807) is 7.05 Å². The lowest BCUT2D eigenvalue weighted by Crippen LogP contribution is -2.35. The van der Waals surface area contributed by atoms with E-state index < -0.39 is 21.9 Å². The van der Waals surface area contributed by atoms with Crippen LogP contribution in [0.5, 0.6) is 0 Å². The summed E-state index contributed by atoms with van der Waals surface area (Å²) in [6, 6.07) is 1.21. The van der Waals surface area contributed by atoms with Gasteiger partial charge in [-0.25, -0.2) is 8.42 Å². The SMILES string of the molecule is Cn1cc(S(=O)(=O)N2CCCCC2)cc1C(=O)N[C@@H]1CC[C@H](C(=O)O)C1.